The Morgan fingerprint density at radius 1 is 1.30 bits per heavy atom. The van der Waals surface area contributed by atoms with Gasteiger partial charge in [0.25, 0.3) is 11.6 Å². The molecule has 0 atom stereocenters. The summed E-state index contributed by atoms with van der Waals surface area (Å²) in [6.45, 7) is 1.72. The lowest BCUT2D eigenvalue weighted by Crippen LogP contribution is -2.36. The lowest BCUT2D eigenvalue weighted by atomic mass is 10.1. The summed E-state index contributed by atoms with van der Waals surface area (Å²) in [6.07, 6.45) is 2.64. The number of carbonyl (C=O) groups is 2. The first-order valence-electron chi connectivity index (χ1n) is 8.90. The zero-order chi connectivity index (χ0) is 21.8. The number of aromatic hydroxyl groups is 1. The van der Waals surface area contributed by atoms with Crippen molar-refractivity contribution in [3.05, 3.63) is 68.6 Å². The van der Waals surface area contributed by atoms with Gasteiger partial charge >= 0.3 is 0 Å². The fourth-order valence-corrected chi connectivity index (χ4v) is 3.96. The van der Waals surface area contributed by atoms with Crippen LogP contribution in [-0.2, 0) is 16.0 Å². The highest BCUT2D eigenvalue weighted by molar-refractivity contribution is 8.26. The first-order chi connectivity index (χ1) is 14.3. The van der Waals surface area contributed by atoms with Crippen LogP contribution in [0.1, 0.15) is 18.1 Å². The quantitative estimate of drug-likeness (QED) is 0.230. The molecule has 2 aromatic carbocycles. The number of nitrogens with one attached hydrogen (secondary N) is 1. The molecule has 2 aromatic rings. The van der Waals surface area contributed by atoms with Crippen molar-refractivity contribution in [3.8, 4) is 5.75 Å². The average molecular weight is 444 g/mol. The van der Waals surface area contributed by atoms with E-state index < -0.39 is 16.6 Å². The van der Waals surface area contributed by atoms with Crippen LogP contribution in [-0.4, -0.2) is 37.6 Å². The first kappa shape index (κ1) is 21.5. The van der Waals surface area contributed by atoms with E-state index in [1.807, 2.05) is 24.3 Å². The van der Waals surface area contributed by atoms with Crippen molar-refractivity contribution in [3.63, 3.8) is 0 Å². The number of hydrogen-bond donors (Lipinski definition) is 2. The highest BCUT2D eigenvalue weighted by atomic mass is 32.2. The van der Waals surface area contributed by atoms with Crippen LogP contribution in [0.15, 0.2) is 47.4 Å². The molecule has 1 saturated heterocycles. The lowest BCUT2D eigenvalue weighted by Gasteiger charge is -2.14. The Kier molecular flexibility index (Phi) is 6.48. The van der Waals surface area contributed by atoms with Gasteiger partial charge in [0.2, 0.25) is 5.91 Å². The van der Waals surface area contributed by atoms with Crippen molar-refractivity contribution in [2.75, 3.05) is 11.9 Å². The smallest absolute Gasteiger partial charge is 0.273 e. The minimum Gasteiger partial charge on any atom is -0.506 e. The molecule has 1 aliphatic rings. The molecule has 3 rings (SSSR count). The highest BCUT2D eigenvalue weighted by Crippen LogP contribution is 2.33. The van der Waals surface area contributed by atoms with Crippen molar-refractivity contribution in [2.24, 2.45) is 0 Å². The van der Waals surface area contributed by atoms with Gasteiger partial charge in [0.1, 0.15) is 16.6 Å². The van der Waals surface area contributed by atoms with E-state index in [9.17, 15) is 24.8 Å². The molecule has 1 fully saturated rings. The summed E-state index contributed by atoms with van der Waals surface area (Å²) < 4.78 is 0.250. The summed E-state index contributed by atoms with van der Waals surface area (Å²) >= 11 is 6.34. The fraction of sp³-hybridized carbons (Fsp3) is 0.150. The molecule has 30 heavy (non-hydrogen) atoms. The number of carbonyl (C=O) groups excluding carboxylic acids is 2. The largest absolute Gasteiger partial charge is 0.506 e. The molecule has 154 valence electrons. The van der Waals surface area contributed by atoms with Crippen molar-refractivity contribution >= 4 is 57.6 Å². The van der Waals surface area contributed by atoms with Crippen molar-refractivity contribution in [2.45, 2.75) is 13.3 Å². The molecule has 2 N–H and O–H groups in total. The second-order valence-corrected chi connectivity index (χ2v) is 8.05. The van der Waals surface area contributed by atoms with E-state index in [1.54, 1.807) is 6.08 Å². The van der Waals surface area contributed by atoms with E-state index >= 15 is 0 Å². The average Bonchev–Trinajstić information content (AvgIpc) is 2.97. The number of aryl methyl sites for hydroxylation is 1. The second kappa shape index (κ2) is 9.06. The Labute approximate surface area is 181 Å². The molecule has 1 heterocycles. The molecule has 0 saturated carbocycles. The molecular weight excluding hydrogens is 426 g/mol. The number of rotatable bonds is 6. The summed E-state index contributed by atoms with van der Waals surface area (Å²) in [5.74, 6) is -1.42. The Morgan fingerprint density at radius 3 is 2.60 bits per heavy atom. The molecule has 0 aromatic heterocycles. The van der Waals surface area contributed by atoms with E-state index in [4.69, 9.17) is 12.2 Å². The molecule has 0 bridgehead atoms. The zero-order valence-electron chi connectivity index (χ0n) is 15.8. The molecule has 0 spiro atoms. The van der Waals surface area contributed by atoms with Gasteiger partial charge < -0.3 is 10.4 Å². The Hall–Kier alpha value is -3.24. The lowest BCUT2D eigenvalue weighted by molar-refractivity contribution is -0.384. The predicted molar refractivity (Wildman–Crippen MR) is 119 cm³/mol. The zero-order valence-corrected chi connectivity index (χ0v) is 17.5. The molecule has 0 unspecified atom stereocenters. The molecule has 0 aliphatic carbocycles. The number of nitro groups is 1. The van der Waals surface area contributed by atoms with Gasteiger partial charge in [-0.1, -0.05) is 55.2 Å². The summed E-state index contributed by atoms with van der Waals surface area (Å²) in [5, 5.41) is 23.0. The van der Waals surface area contributed by atoms with Crippen LogP contribution in [0.2, 0.25) is 0 Å². The predicted octanol–water partition coefficient (Wildman–Crippen LogP) is 3.70. The molecule has 1 aliphatic heterocycles. The second-order valence-electron chi connectivity index (χ2n) is 6.37. The van der Waals surface area contributed by atoms with Gasteiger partial charge in [-0.25, -0.2) is 0 Å². The van der Waals surface area contributed by atoms with Gasteiger partial charge in [-0.15, -0.1) is 0 Å². The van der Waals surface area contributed by atoms with Crippen molar-refractivity contribution in [1.29, 1.82) is 0 Å². The van der Waals surface area contributed by atoms with Gasteiger partial charge in [0.15, 0.2) is 0 Å². The summed E-state index contributed by atoms with van der Waals surface area (Å²) in [7, 11) is 0. The number of anilines is 1. The summed E-state index contributed by atoms with van der Waals surface area (Å²) in [4.78, 5) is 36.6. The van der Waals surface area contributed by atoms with Gasteiger partial charge in [-0.2, -0.15) is 0 Å². The van der Waals surface area contributed by atoms with E-state index in [0.717, 1.165) is 35.9 Å². The topological polar surface area (TPSA) is 113 Å². The molecule has 10 heteroatoms. The molecular formula is C20H17N3O5S2. The standard InChI is InChI=1S/C20H17N3O5S2/c1-2-12-3-5-13(6-4-12)9-17-19(26)22(20(29)30-17)11-18(25)21-15-8-7-14(23(27)28)10-16(15)24/h3-10,24H,2,11H2,1H3,(H,21,25). The van der Waals surface area contributed by atoms with Crippen LogP contribution >= 0.6 is 24.0 Å². The van der Waals surface area contributed by atoms with E-state index in [1.165, 1.54) is 16.5 Å². The van der Waals surface area contributed by atoms with Crippen molar-refractivity contribution in [1.82, 2.24) is 4.90 Å². The number of hydrogen-bond acceptors (Lipinski definition) is 7. The van der Waals surface area contributed by atoms with Crippen LogP contribution in [0.25, 0.3) is 6.08 Å². The number of phenols is 1. The van der Waals surface area contributed by atoms with Gasteiger partial charge in [-0.05, 0) is 29.7 Å². The summed E-state index contributed by atoms with van der Waals surface area (Å²) in [6, 6.07) is 11.1. The van der Waals surface area contributed by atoms with Gasteiger partial charge in [0.05, 0.1) is 21.6 Å². The van der Waals surface area contributed by atoms with Crippen LogP contribution in [0.4, 0.5) is 11.4 Å². The number of nitrogens with zero attached hydrogens (tertiary/aromatic N) is 2. The third kappa shape index (κ3) is 4.84. The molecule has 8 nitrogen and oxygen atoms in total. The Morgan fingerprint density at radius 2 is 2.00 bits per heavy atom. The van der Waals surface area contributed by atoms with E-state index in [2.05, 4.69) is 12.2 Å². The van der Waals surface area contributed by atoms with Crippen LogP contribution in [0.3, 0.4) is 0 Å². The number of nitro benzene ring substituents is 1. The molecule has 0 radical (unpaired) electrons. The number of non-ortho nitro benzene ring substituents is 1. The Bertz CT molecular complexity index is 1070. The fourth-order valence-electron chi connectivity index (χ4n) is 2.71. The normalized spacial score (nSPS) is 15.0. The minimum atomic E-state index is -0.659. The van der Waals surface area contributed by atoms with Crippen molar-refractivity contribution < 1.29 is 19.6 Å². The van der Waals surface area contributed by atoms with Gasteiger partial charge in [-0.3, -0.25) is 24.6 Å². The van der Waals surface area contributed by atoms with Crippen LogP contribution in [0, 0.1) is 10.1 Å². The van der Waals surface area contributed by atoms with Gasteiger partial charge in [0, 0.05) is 6.07 Å². The summed E-state index contributed by atoms with van der Waals surface area (Å²) in [5.41, 5.74) is 1.74. The minimum absolute atomic E-state index is 0.00240. The number of phenolic OH excluding ortho intramolecular Hbond substituents is 1. The monoisotopic (exact) mass is 443 g/mol. The highest BCUT2D eigenvalue weighted by Gasteiger charge is 2.33. The number of amides is 2. The SMILES string of the molecule is CCc1ccc(C=C2SC(=S)N(CC(=O)Nc3ccc([N+](=O)[O-])cc3O)C2=O)cc1. The number of thioether (sulfide) groups is 1. The van der Waals surface area contributed by atoms with E-state index in [-0.39, 0.29) is 28.1 Å². The maximum Gasteiger partial charge on any atom is 0.273 e. The number of thiocarbonyl (C=S) groups is 1. The Balaban J connectivity index is 1.68. The third-order valence-corrected chi connectivity index (χ3v) is 5.71. The maximum atomic E-state index is 12.7. The molecule has 2 amide bonds. The third-order valence-electron chi connectivity index (χ3n) is 4.33. The van der Waals surface area contributed by atoms with E-state index in [0.29, 0.717) is 4.91 Å². The van der Waals surface area contributed by atoms with Crippen LogP contribution in [0.5, 0.6) is 5.75 Å². The first-order valence-corrected chi connectivity index (χ1v) is 10.1. The van der Waals surface area contributed by atoms with Crippen LogP contribution < -0.4 is 5.32 Å². The maximum absolute atomic E-state index is 12.7. The number of benzene rings is 2.